The molecule has 1 aromatic heterocycles. The van der Waals surface area contributed by atoms with Crippen molar-refractivity contribution in [1.29, 1.82) is 0 Å². The molecule has 4 nitrogen and oxygen atoms in total. The van der Waals surface area contributed by atoms with Crippen LogP contribution in [0.3, 0.4) is 0 Å². The molecule has 1 aromatic carbocycles. The van der Waals surface area contributed by atoms with Crippen molar-refractivity contribution in [3.63, 3.8) is 0 Å². The molecule has 4 rings (SSSR count). The van der Waals surface area contributed by atoms with Crippen LogP contribution in [0, 0.1) is 0 Å². The zero-order valence-corrected chi connectivity index (χ0v) is 11.8. The van der Waals surface area contributed by atoms with Gasteiger partial charge in [-0.15, -0.1) is 0 Å². The molecule has 21 heavy (non-hydrogen) atoms. The predicted molar refractivity (Wildman–Crippen MR) is 84.1 cm³/mol. The van der Waals surface area contributed by atoms with Crippen LogP contribution in [0.4, 0.5) is 0 Å². The van der Waals surface area contributed by atoms with Crippen LogP contribution in [0.5, 0.6) is 0 Å². The minimum atomic E-state index is -0.0371. The molecule has 1 aliphatic carbocycles. The maximum atomic E-state index is 5.81. The normalized spacial score (nSPS) is 23.5. The van der Waals surface area contributed by atoms with Crippen molar-refractivity contribution in [1.82, 2.24) is 10.3 Å². The van der Waals surface area contributed by atoms with Crippen molar-refractivity contribution >= 4 is 5.96 Å². The van der Waals surface area contributed by atoms with Gasteiger partial charge < -0.3 is 11.1 Å². The highest BCUT2D eigenvalue weighted by Gasteiger charge is 2.38. The minimum Gasteiger partial charge on any atom is -0.370 e. The highest BCUT2D eigenvalue weighted by molar-refractivity contribution is 5.80. The van der Waals surface area contributed by atoms with Gasteiger partial charge in [0, 0.05) is 24.5 Å². The van der Waals surface area contributed by atoms with Crippen LogP contribution in [-0.2, 0) is 12.8 Å². The molecule has 1 atom stereocenters. The quantitative estimate of drug-likeness (QED) is 0.837. The summed E-state index contributed by atoms with van der Waals surface area (Å²) in [5, 5.41) is 3.17. The average Bonchev–Trinajstić information content (AvgIpc) is 2.88. The third-order valence-electron chi connectivity index (χ3n) is 4.56. The fourth-order valence-electron chi connectivity index (χ4n) is 3.52. The Morgan fingerprint density at radius 1 is 1.19 bits per heavy atom. The number of hydrogen-bond acceptors (Lipinski definition) is 4. The number of guanidine groups is 1. The van der Waals surface area contributed by atoms with E-state index in [0.717, 1.165) is 25.8 Å². The van der Waals surface area contributed by atoms with E-state index in [0.29, 0.717) is 5.96 Å². The third-order valence-corrected chi connectivity index (χ3v) is 4.56. The monoisotopic (exact) mass is 278 g/mol. The summed E-state index contributed by atoms with van der Waals surface area (Å²) in [6, 6.07) is 10.7. The first-order valence-corrected chi connectivity index (χ1v) is 7.36. The molecule has 1 aliphatic heterocycles. The van der Waals surface area contributed by atoms with Gasteiger partial charge in [-0.2, -0.15) is 0 Å². The standard InChI is InChI=1S/C17H18N4/c18-16-20-11-17(21-16)7-6-15-12(9-17)3-1-5-14(15)13-4-2-8-19-10-13/h1-5,8,10H,6-7,9,11H2,(H3,18,20,21)/t17-/m0/s1. The molecule has 2 aromatic rings. The minimum absolute atomic E-state index is 0.0371. The SMILES string of the molecule is NC1=N[C@]2(CCc3c(cccc3-c3cccnc3)C2)CN1. The highest BCUT2D eigenvalue weighted by atomic mass is 15.2. The third kappa shape index (κ3) is 2.07. The van der Waals surface area contributed by atoms with Gasteiger partial charge in [-0.25, -0.2) is 4.99 Å². The summed E-state index contributed by atoms with van der Waals surface area (Å²) >= 11 is 0. The number of rotatable bonds is 1. The highest BCUT2D eigenvalue weighted by Crippen LogP contribution is 2.37. The van der Waals surface area contributed by atoms with E-state index in [1.807, 2.05) is 18.5 Å². The van der Waals surface area contributed by atoms with Gasteiger partial charge in [0.05, 0.1) is 5.54 Å². The van der Waals surface area contributed by atoms with E-state index in [9.17, 15) is 0 Å². The van der Waals surface area contributed by atoms with Gasteiger partial charge in [-0.05, 0) is 42.0 Å². The Hall–Kier alpha value is -2.36. The van der Waals surface area contributed by atoms with Crippen LogP contribution in [-0.4, -0.2) is 23.0 Å². The summed E-state index contributed by atoms with van der Waals surface area (Å²) in [6.07, 6.45) is 6.80. The van der Waals surface area contributed by atoms with E-state index in [-0.39, 0.29) is 5.54 Å². The lowest BCUT2D eigenvalue weighted by atomic mass is 9.76. The second kappa shape index (κ2) is 4.58. The topological polar surface area (TPSA) is 63.3 Å². The number of pyridine rings is 1. The molecule has 0 amide bonds. The van der Waals surface area contributed by atoms with E-state index in [1.54, 1.807) is 0 Å². The Morgan fingerprint density at radius 2 is 2.14 bits per heavy atom. The van der Waals surface area contributed by atoms with Crippen molar-refractivity contribution in [3.05, 3.63) is 53.9 Å². The van der Waals surface area contributed by atoms with Crippen LogP contribution >= 0.6 is 0 Å². The maximum absolute atomic E-state index is 5.81. The van der Waals surface area contributed by atoms with Crippen molar-refractivity contribution < 1.29 is 0 Å². The van der Waals surface area contributed by atoms with Gasteiger partial charge in [-0.3, -0.25) is 4.98 Å². The second-order valence-corrected chi connectivity index (χ2v) is 5.94. The Balaban J connectivity index is 1.75. The number of fused-ring (bicyclic) bond motifs is 1. The Morgan fingerprint density at radius 3 is 2.90 bits per heavy atom. The van der Waals surface area contributed by atoms with E-state index >= 15 is 0 Å². The van der Waals surface area contributed by atoms with Crippen molar-refractivity contribution in [3.8, 4) is 11.1 Å². The fourth-order valence-corrected chi connectivity index (χ4v) is 3.52. The second-order valence-electron chi connectivity index (χ2n) is 5.94. The number of hydrogen-bond donors (Lipinski definition) is 2. The largest absolute Gasteiger partial charge is 0.370 e. The maximum Gasteiger partial charge on any atom is 0.189 e. The van der Waals surface area contributed by atoms with E-state index < -0.39 is 0 Å². The van der Waals surface area contributed by atoms with Crippen LogP contribution in [0.15, 0.2) is 47.7 Å². The van der Waals surface area contributed by atoms with Gasteiger partial charge in [0.2, 0.25) is 0 Å². The molecule has 0 bridgehead atoms. The summed E-state index contributed by atoms with van der Waals surface area (Å²) < 4.78 is 0. The molecule has 1 spiro atoms. The molecular formula is C17H18N4. The molecule has 0 unspecified atom stereocenters. The van der Waals surface area contributed by atoms with Crippen LogP contribution in [0.1, 0.15) is 17.5 Å². The van der Waals surface area contributed by atoms with Crippen LogP contribution in [0.25, 0.3) is 11.1 Å². The number of benzene rings is 1. The number of nitrogens with one attached hydrogen (secondary N) is 1. The van der Waals surface area contributed by atoms with E-state index in [1.165, 1.54) is 22.3 Å². The van der Waals surface area contributed by atoms with Gasteiger partial charge in [-0.1, -0.05) is 24.3 Å². The Bertz CT molecular complexity index is 708. The van der Waals surface area contributed by atoms with Crippen molar-refractivity contribution in [2.75, 3.05) is 6.54 Å². The van der Waals surface area contributed by atoms with Gasteiger partial charge in [0.1, 0.15) is 0 Å². The first kappa shape index (κ1) is 12.4. The Labute approximate surface area is 124 Å². The number of nitrogens with zero attached hydrogens (tertiary/aromatic N) is 2. The number of aromatic nitrogens is 1. The molecule has 0 radical (unpaired) electrons. The van der Waals surface area contributed by atoms with Gasteiger partial charge in [0.15, 0.2) is 5.96 Å². The summed E-state index contributed by atoms with van der Waals surface area (Å²) in [5.74, 6) is 0.585. The molecule has 0 saturated carbocycles. The van der Waals surface area contributed by atoms with Gasteiger partial charge in [0.25, 0.3) is 0 Å². The van der Waals surface area contributed by atoms with E-state index in [4.69, 9.17) is 5.73 Å². The van der Waals surface area contributed by atoms with Crippen molar-refractivity contribution in [2.45, 2.75) is 24.8 Å². The molecule has 2 aliphatic rings. The Kier molecular flexibility index (Phi) is 2.70. The number of nitrogens with two attached hydrogens (primary N) is 1. The first-order valence-electron chi connectivity index (χ1n) is 7.36. The summed E-state index contributed by atoms with van der Waals surface area (Å²) in [4.78, 5) is 8.89. The van der Waals surface area contributed by atoms with Crippen LogP contribution in [0.2, 0.25) is 0 Å². The zero-order valence-electron chi connectivity index (χ0n) is 11.8. The summed E-state index contributed by atoms with van der Waals surface area (Å²) in [7, 11) is 0. The first-order chi connectivity index (χ1) is 10.3. The molecule has 106 valence electrons. The van der Waals surface area contributed by atoms with Crippen LogP contribution < -0.4 is 11.1 Å². The summed E-state index contributed by atoms with van der Waals surface area (Å²) in [5.41, 5.74) is 11.1. The number of aliphatic imine (C=N–C) groups is 1. The lowest BCUT2D eigenvalue weighted by Crippen LogP contribution is -2.39. The van der Waals surface area contributed by atoms with Gasteiger partial charge >= 0.3 is 0 Å². The zero-order chi connectivity index (χ0) is 14.3. The molecule has 2 heterocycles. The average molecular weight is 278 g/mol. The molecule has 3 N–H and O–H groups in total. The smallest absolute Gasteiger partial charge is 0.189 e. The lowest BCUT2D eigenvalue weighted by Gasteiger charge is -2.32. The molecule has 4 heteroatoms. The van der Waals surface area contributed by atoms with Crippen molar-refractivity contribution in [2.24, 2.45) is 10.7 Å². The summed E-state index contributed by atoms with van der Waals surface area (Å²) in [6.45, 7) is 0.857. The predicted octanol–water partition coefficient (Wildman–Crippen LogP) is 1.89. The van der Waals surface area contributed by atoms with E-state index in [2.05, 4.69) is 39.6 Å². The molecule has 0 saturated heterocycles. The lowest BCUT2D eigenvalue weighted by molar-refractivity contribution is 0.395. The fraction of sp³-hybridized carbons (Fsp3) is 0.294. The molecule has 0 fully saturated rings. The molecular weight excluding hydrogens is 260 g/mol.